The van der Waals surface area contributed by atoms with Gasteiger partial charge in [0, 0.05) is 12.1 Å². The van der Waals surface area contributed by atoms with E-state index in [0.29, 0.717) is 18.5 Å². The molecule has 0 amide bonds. The maximum Gasteiger partial charge on any atom is 0.211 e. The second kappa shape index (κ2) is 8.29. The summed E-state index contributed by atoms with van der Waals surface area (Å²) in [5.74, 6) is -0.378. The van der Waals surface area contributed by atoms with E-state index in [4.69, 9.17) is 0 Å². The van der Waals surface area contributed by atoms with Gasteiger partial charge < -0.3 is 5.32 Å². The minimum absolute atomic E-state index is 0.0353. The van der Waals surface area contributed by atoms with Crippen LogP contribution >= 0.6 is 0 Å². The van der Waals surface area contributed by atoms with E-state index in [0.717, 1.165) is 36.1 Å². The third-order valence-electron chi connectivity index (χ3n) is 4.79. The predicted molar refractivity (Wildman–Crippen MR) is 102 cm³/mol. The van der Waals surface area contributed by atoms with Gasteiger partial charge in [-0.1, -0.05) is 30.3 Å². The highest BCUT2D eigenvalue weighted by molar-refractivity contribution is 7.89. The van der Waals surface area contributed by atoms with Crippen molar-refractivity contribution >= 4 is 10.0 Å². The molecule has 2 aromatic rings. The summed E-state index contributed by atoms with van der Waals surface area (Å²) in [5, 5.41) is 3.34. The lowest BCUT2D eigenvalue weighted by molar-refractivity contribution is 0.532. The Bertz CT molecular complexity index is 854. The maximum atomic E-state index is 14.9. The van der Waals surface area contributed by atoms with Crippen LogP contribution in [0, 0.1) is 5.82 Å². The highest BCUT2D eigenvalue weighted by Gasteiger charge is 2.23. The molecule has 4 nitrogen and oxygen atoms in total. The zero-order chi connectivity index (χ0) is 18.6. The summed E-state index contributed by atoms with van der Waals surface area (Å²) >= 11 is 0. The Morgan fingerprint density at radius 1 is 1.19 bits per heavy atom. The van der Waals surface area contributed by atoms with E-state index in [1.54, 1.807) is 13.0 Å². The molecule has 1 unspecified atom stereocenters. The van der Waals surface area contributed by atoms with Crippen LogP contribution in [0.15, 0.2) is 42.5 Å². The number of benzene rings is 2. The number of sulfonamides is 1. The minimum atomic E-state index is -3.46. The smallest absolute Gasteiger partial charge is 0.211 e. The Kier molecular flexibility index (Phi) is 6.06. The molecule has 1 heterocycles. The number of aryl methyl sites for hydroxylation is 1. The molecule has 1 aliphatic heterocycles. The Labute approximate surface area is 154 Å². The van der Waals surface area contributed by atoms with Gasteiger partial charge in [0.1, 0.15) is 5.82 Å². The van der Waals surface area contributed by atoms with Gasteiger partial charge in [-0.2, -0.15) is 0 Å². The molecule has 26 heavy (non-hydrogen) atoms. The van der Waals surface area contributed by atoms with Crippen LogP contribution in [0.2, 0.25) is 0 Å². The number of nitrogens with one attached hydrogen (secondary N) is 2. The Morgan fingerprint density at radius 2 is 1.96 bits per heavy atom. The average Bonchev–Trinajstić information content (AvgIpc) is 2.86. The number of halogens is 1. The molecule has 0 radical (unpaired) electrons. The predicted octanol–water partition coefficient (Wildman–Crippen LogP) is 3.08. The lowest BCUT2D eigenvalue weighted by Gasteiger charge is -2.21. The van der Waals surface area contributed by atoms with Crippen molar-refractivity contribution in [2.45, 2.75) is 38.8 Å². The fraction of sp³-hybridized carbons (Fsp3) is 0.400. The normalized spacial score (nSPS) is 15.9. The lowest BCUT2D eigenvalue weighted by atomic mass is 9.94. The average molecular weight is 376 g/mol. The van der Waals surface area contributed by atoms with Crippen LogP contribution in [0.4, 0.5) is 4.39 Å². The van der Waals surface area contributed by atoms with Gasteiger partial charge in [-0.15, -0.1) is 0 Å². The van der Waals surface area contributed by atoms with Crippen LogP contribution < -0.4 is 10.0 Å². The van der Waals surface area contributed by atoms with E-state index in [1.165, 1.54) is 0 Å². The Balaban J connectivity index is 1.99. The fourth-order valence-electron chi connectivity index (χ4n) is 3.33. The van der Waals surface area contributed by atoms with Gasteiger partial charge in [-0.25, -0.2) is 17.5 Å². The van der Waals surface area contributed by atoms with Gasteiger partial charge in [-0.05, 0) is 61.6 Å². The molecule has 0 aliphatic carbocycles. The second-order valence-corrected chi connectivity index (χ2v) is 8.73. The van der Waals surface area contributed by atoms with Crippen LogP contribution in [0.25, 0.3) is 0 Å². The highest BCUT2D eigenvalue weighted by atomic mass is 32.2. The summed E-state index contributed by atoms with van der Waals surface area (Å²) in [5.41, 5.74) is 3.43. The van der Waals surface area contributed by atoms with Crippen LogP contribution in [-0.2, 0) is 29.4 Å². The molecular weight excluding hydrogens is 351 g/mol. The van der Waals surface area contributed by atoms with Crippen LogP contribution in [0.1, 0.15) is 41.6 Å². The van der Waals surface area contributed by atoms with Crippen molar-refractivity contribution in [1.29, 1.82) is 0 Å². The van der Waals surface area contributed by atoms with Gasteiger partial charge >= 0.3 is 0 Å². The monoisotopic (exact) mass is 376 g/mol. The van der Waals surface area contributed by atoms with Crippen molar-refractivity contribution < 1.29 is 12.8 Å². The fourth-order valence-corrected chi connectivity index (χ4v) is 4.15. The van der Waals surface area contributed by atoms with Crippen LogP contribution in [0.5, 0.6) is 0 Å². The summed E-state index contributed by atoms with van der Waals surface area (Å²) < 4.78 is 41.9. The molecular formula is C20H25FN2O2S. The molecule has 3 rings (SSSR count). The molecule has 1 aliphatic rings. The van der Waals surface area contributed by atoms with Crippen LogP contribution in [-0.4, -0.2) is 20.7 Å². The molecule has 2 aromatic carbocycles. The van der Waals surface area contributed by atoms with Crippen molar-refractivity contribution in [3.63, 3.8) is 0 Å². The van der Waals surface area contributed by atoms with E-state index in [-0.39, 0.29) is 11.6 Å². The lowest BCUT2D eigenvalue weighted by Crippen LogP contribution is -2.32. The van der Waals surface area contributed by atoms with Crippen molar-refractivity contribution in [1.82, 2.24) is 10.0 Å². The first-order valence-corrected chi connectivity index (χ1v) is 10.7. The first kappa shape index (κ1) is 19.0. The molecule has 2 N–H and O–H groups in total. The molecule has 6 heteroatoms. The van der Waals surface area contributed by atoms with Crippen molar-refractivity contribution in [3.8, 4) is 0 Å². The van der Waals surface area contributed by atoms with Crippen molar-refractivity contribution in [3.05, 3.63) is 70.5 Å². The van der Waals surface area contributed by atoms with Gasteiger partial charge in [0.25, 0.3) is 0 Å². The van der Waals surface area contributed by atoms with Crippen LogP contribution in [0.3, 0.4) is 0 Å². The van der Waals surface area contributed by atoms with E-state index in [2.05, 4.69) is 10.0 Å². The van der Waals surface area contributed by atoms with Gasteiger partial charge in [0.05, 0.1) is 11.8 Å². The molecule has 140 valence electrons. The number of rotatable bonds is 6. The third-order valence-corrected chi connectivity index (χ3v) is 6.20. The quantitative estimate of drug-likeness (QED) is 0.815. The number of fused-ring (bicyclic) bond motifs is 1. The maximum absolute atomic E-state index is 14.9. The molecule has 1 atom stereocenters. The second-order valence-electron chi connectivity index (χ2n) is 6.69. The van der Waals surface area contributed by atoms with Gasteiger partial charge in [-0.3, -0.25) is 0 Å². The molecule has 0 saturated heterocycles. The zero-order valence-electron chi connectivity index (χ0n) is 15.0. The summed E-state index contributed by atoms with van der Waals surface area (Å²) in [6.07, 6.45) is 2.22. The largest absolute Gasteiger partial charge is 0.313 e. The Hall–Kier alpha value is -1.76. The van der Waals surface area contributed by atoms with Gasteiger partial charge in [0.2, 0.25) is 10.0 Å². The Morgan fingerprint density at radius 3 is 2.69 bits per heavy atom. The molecule has 0 saturated carbocycles. The summed E-state index contributed by atoms with van der Waals surface area (Å²) in [6, 6.07) is 12.3. The standard InChI is InChI=1S/C20H25FN2O2S/c1-2-26(24,25)23-20(11-15-7-4-3-5-8-15)18-12-17-14-22-10-6-9-16(17)13-19(18)21/h3-5,7-8,12-13,20,22-23H,2,6,9-11,14H2,1H3. The van der Waals surface area contributed by atoms with Gasteiger partial charge in [0.15, 0.2) is 0 Å². The number of hydrogen-bond acceptors (Lipinski definition) is 3. The van der Waals surface area contributed by atoms with Crippen molar-refractivity contribution in [2.24, 2.45) is 0 Å². The summed E-state index contributed by atoms with van der Waals surface area (Å²) in [4.78, 5) is 0. The minimum Gasteiger partial charge on any atom is -0.313 e. The molecule has 0 fully saturated rings. The summed E-state index contributed by atoms with van der Waals surface area (Å²) in [7, 11) is -3.46. The van der Waals surface area contributed by atoms with E-state index in [1.807, 2.05) is 36.4 Å². The summed E-state index contributed by atoms with van der Waals surface area (Å²) in [6.45, 7) is 3.17. The zero-order valence-corrected chi connectivity index (χ0v) is 15.8. The molecule has 0 aromatic heterocycles. The SMILES string of the molecule is CCS(=O)(=O)NC(Cc1ccccc1)c1cc2c(cc1F)CCCNC2. The first-order valence-electron chi connectivity index (χ1n) is 9.04. The van der Waals surface area contributed by atoms with E-state index >= 15 is 0 Å². The first-order chi connectivity index (χ1) is 12.5. The topological polar surface area (TPSA) is 58.2 Å². The molecule has 0 bridgehead atoms. The van der Waals surface area contributed by atoms with Crippen molar-refractivity contribution in [2.75, 3.05) is 12.3 Å². The number of hydrogen-bond donors (Lipinski definition) is 2. The van der Waals surface area contributed by atoms with E-state index < -0.39 is 16.1 Å². The highest BCUT2D eigenvalue weighted by Crippen LogP contribution is 2.27. The third kappa shape index (κ3) is 4.69. The van der Waals surface area contributed by atoms with E-state index in [9.17, 15) is 12.8 Å². The molecule has 0 spiro atoms.